The van der Waals surface area contributed by atoms with E-state index in [2.05, 4.69) is 20.6 Å². The van der Waals surface area contributed by atoms with E-state index in [0.29, 0.717) is 5.69 Å². The molecule has 1 aromatic carbocycles. The lowest BCUT2D eigenvalue weighted by atomic mass is 10.2. The van der Waals surface area contributed by atoms with Crippen molar-refractivity contribution in [1.29, 1.82) is 0 Å². The number of para-hydroxylation sites is 1. The number of benzene rings is 1. The van der Waals surface area contributed by atoms with Crippen LogP contribution in [0, 0.1) is 0 Å². The second kappa shape index (κ2) is 6.53. The summed E-state index contributed by atoms with van der Waals surface area (Å²) in [5, 5.41) is 5.40. The van der Waals surface area contributed by atoms with Crippen molar-refractivity contribution in [2.45, 2.75) is 6.92 Å². The number of nitrogens with zero attached hydrogens (tertiary/aromatic N) is 2. The SMILES string of the molecule is COc1nc(NC(C)=O)c(C(N)=O)c(Nc2ccccc2)n1. The third-order valence-corrected chi connectivity index (χ3v) is 2.65. The molecule has 0 atom stereocenters. The second-order valence-corrected chi connectivity index (χ2v) is 4.32. The third kappa shape index (κ3) is 3.48. The van der Waals surface area contributed by atoms with Crippen LogP contribution >= 0.6 is 0 Å². The van der Waals surface area contributed by atoms with Crippen molar-refractivity contribution in [2.75, 3.05) is 17.7 Å². The van der Waals surface area contributed by atoms with Gasteiger partial charge in [-0.1, -0.05) is 18.2 Å². The van der Waals surface area contributed by atoms with Crippen LogP contribution in [0.5, 0.6) is 6.01 Å². The molecule has 1 aromatic heterocycles. The molecule has 2 aromatic rings. The highest BCUT2D eigenvalue weighted by atomic mass is 16.5. The molecule has 0 radical (unpaired) electrons. The van der Waals surface area contributed by atoms with E-state index in [1.807, 2.05) is 18.2 Å². The number of aromatic nitrogens is 2. The van der Waals surface area contributed by atoms with Gasteiger partial charge in [-0.25, -0.2) is 0 Å². The van der Waals surface area contributed by atoms with Gasteiger partial charge in [0.15, 0.2) is 11.6 Å². The van der Waals surface area contributed by atoms with Crippen molar-refractivity contribution in [1.82, 2.24) is 9.97 Å². The Bertz CT molecular complexity index is 703. The Balaban J connectivity index is 2.54. The van der Waals surface area contributed by atoms with E-state index in [4.69, 9.17) is 10.5 Å². The molecule has 0 bridgehead atoms. The van der Waals surface area contributed by atoms with E-state index in [1.54, 1.807) is 12.1 Å². The average Bonchev–Trinajstić information content (AvgIpc) is 2.46. The zero-order chi connectivity index (χ0) is 16.1. The lowest BCUT2D eigenvalue weighted by Gasteiger charge is -2.14. The van der Waals surface area contributed by atoms with Gasteiger partial charge in [-0.3, -0.25) is 9.59 Å². The molecule has 0 saturated heterocycles. The smallest absolute Gasteiger partial charge is 0.320 e. The summed E-state index contributed by atoms with van der Waals surface area (Å²) < 4.78 is 4.98. The predicted molar refractivity (Wildman–Crippen MR) is 81.1 cm³/mol. The van der Waals surface area contributed by atoms with Crippen LogP contribution in [0.4, 0.5) is 17.3 Å². The van der Waals surface area contributed by atoms with Crippen molar-refractivity contribution in [3.8, 4) is 6.01 Å². The summed E-state index contributed by atoms with van der Waals surface area (Å²) >= 11 is 0. The fraction of sp³-hybridized carbons (Fsp3) is 0.143. The zero-order valence-electron chi connectivity index (χ0n) is 12.1. The van der Waals surface area contributed by atoms with Crippen molar-refractivity contribution >= 4 is 29.1 Å². The Hall–Kier alpha value is -3.16. The van der Waals surface area contributed by atoms with Gasteiger partial charge in [-0.05, 0) is 12.1 Å². The Morgan fingerprint density at radius 2 is 1.77 bits per heavy atom. The molecule has 0 saturated carbocycles. The molecule has 0 aliphatic rings. The molecular formula is C14H15N5O3. The summed E-state index contributed by atoms with van der Waals surface area (Å²) in [6.45, 7) is 1.30. The summed E-state index contributed by atoms with van der Waals surface area (Å²) in [5.74, 6) is -1.03. The Labute approximate surface area is 126 Å². The summed E-state index contributed by atoms with van der Waals surface area (Å²) in [6.07, 6.45) is 0. The van der Waals surface area contributed by atoms with Gasteiger partial charge in [0.05, 0.1) is 7.11 Å². The zero-order valence-corrected chi connectivity index (χ0v) is 12.1. The van der Waals surface area contributed by atoms with Crippen LogP contribution in [0.25, 0.3) is 0 Å². The number of nitrogens with one attached hydrogen (secondary N) is 2. The highest BCUT2D eigenvalue weighted by Crippen LogP contribution is 2.26. The first-order valence-electron chi connectivity index (χ1n) is 6.36. The molecule has 8 nitrogen and oxygen atoms in total. The van der Waals surface area contributed by atoms with Gasteiger partial charge in [0, 0.05) is 12.6 Å². The highest BCUT2D eigenvalue weighted by molar-refractivity contribution is 6.05. The summed E-state index contributed by atoms with van der Waals surface area (Å²) in [5.41, 5.74) is 6.05. The molecule has 4 N–H and O–H groups in total. The van der Waals surface area contributed by atoms with E-state index < -0.39 is 11.8 Å². The lowest BCUT2D eigenvalue weighted by molar-refractivity contribution is -0.114. The van der Waals surface area contributed by atoms with Crippen molar-refractivity contribution in [3.63, 3.8) is 0 Å². The van der Waals surface area contributed by atoms with E-state index in [-0.39, 0.29) is 23.2 Å². The molecule has 1 heterocycles. The number of carbonyl (C=O) groups is 2. The third-order valence-electron chi connectivity index (χ3n) is 2.65. The summed E-state index contributed by atoms with van der Waals surface area (Å²) in [6, 6.07) is 9.06. The quantitative estimate of drug-likeness (QED) is 0.765. The monoisotopic (exact) mass is 301 g/mol. The number of anilines is 3. The standard InChI is InChI=1S/C14H15N5O3/c1-8(20)16-12-10(11(15)21)13(19-14(18-12)22-2)17-9-6-4-3-5-7-9/h3-7H,1-2H3,(H2,15,21)(H2,16,17,18,19,20). The first-order valence-corrected chi connectivity index (χ1v) is 6.36. The predicted octanol–water partition coefficient (Wildman–Crippen LogP) is 1.29. The molecule has 114 valence electrons. The molecule has 8 heteroatoms. The fourth-order valence-electron chi connectivity index (χ4n) is 1.77. The van der Waals surface area contributed by atoms with Gasteiger partial charge in [-0.2, -0.15) is 9.97 Å². The van der Waals surface area contributed by atoms with Gasteiger partial charge in [-0.15, -0.1) is 0 Å². The maximum Gasteiger partial charge on any atom is 0.320 e. The molecular weight excluding hydrogens is 286 g/mol. The van der Waals surface area contributed by atoms with Gasteiger partial charge in [0.1, 0.15) is 5.56 Å². The topological polar surface area (TPSA) is 119 Å². The number of amides is 2. The van der Waals surface area contributed by atoms with Crippen LogP contribution in [0.1, 0.15) is 17.3 Å². The summed E-state index contributed by atoms with van der Waals surface area (Å²) in [7, 11) is 1.38. The van der Waals surface area contributed by atoms with Crippen molar-refractivity contribution in [2.24, 2.45) is 5.73 Å². The van der Waals surface area contributed by atoms with E-state index in [1.165, 1.54) is 14.0 Å². The van der Waals surface area contributed by atoms with Crippen LogP contribution in [0.2, 0.25) is 0 Å². The van der Waals surface area contributed by atoms with Crippen LogP contribution in [-0.4, -0.2) is 28.9 Å². The van der Waals surface area contributed by atoms with E-state index in [0.717, 1.165) is 0 Å². The van der Waals surface area contributed by atoms with Crippen LogP contribution in [0.3, 0.4) is 0 Å². The number of ether oxygens (including phenoxy) is 1. The van der Waals surface area contributed by atoms with Gasteiger partial charge < -0.3 is 21.1 Å². The molecule has 2 amide bonds. The normalized spacial score (nSPS) is 9.91. The summed E-state index contributed by atoms with van der Waals surface area (Å²) in [4.78, 5) is 31.0. The minimum atomic E-state index is -0.773. The van der Waals surface area contributed by atoms with Crippen LogP contribution in [-0.2, 0) is 4.79 Å². The maximum atomic E-state index is 11.7. The Morgan fingerprint density at radius 3 is 2.32 bits per heavy atom. The Kier molecular flexibility index (Phi) is 4.52. The lowest BCUT2D eigenvalue weighted by Crippen LogP contribution is -2.20. The minimum Gasteiger partial charge on any atom is -0.467 e. The number of primary amides is 1. The molecule has 0 fully saturated rings. The van der Waals surface area contributed by atoms with E-state index in [9.17, 15) is 9.59 Å². The van der Waals surface area contributed by atoms with Gasteiger partial charge >= 0.3 is 6.01 Å². The molecule has 0 aliphatic carbocycles. The molecule has 0 unspecified atom stereocenters. The number of carbonyl (C=O) groups excluding carboxylic acids is 2. The molecule has 0 aliphatic heterocycles. The van der Waals surface area contributed by atoms with Gasteiger partial charge in [0.2, 0.25) is 5.91 Å². The van der Waals surface area contributed by atoms with Crippen LogP contribution < -0.4 is 21.1 Å². The van der Waals surface area contributed by atoms with Gasteiger partial charge in [0.25, 0.3) is 5.91 Å². The number of nitrogens with two attached hydrogens (primary N) is 1. The molecule has 2 rings (SSSR count). The van der Waals surface area contributed by atoms with Crippen molar-refractivity contribution < 1.29 is 14.3 Å². The fourth-order valence-corrected chi connectivity index (χ4v) is 1.77. The number of hydrogen-bond acceptors (Lipinski definition) is 6. The first kappa shape index (κ1) is 15.2. The number of rotatable bonds is 5. The van der Waals surface area contributed by atoms with Crippen LogP contribution in [0.15, 0.2) is 30.3 Å². The second-order valence-electron chi connectivity index (χ2n) is 4.32. The number of methoxy groups -OCH3 is 1. The molecule has 22 heavy (non-hydrogen) atoms. The average molecular weight is 301 g/mol. The number of hydrogen-bond donors (Lipinski definition) is 3. The highest BCUT2D eigenvalue weighted by Gasteiger charge is 2.20. The minimum absolute atomic E-state index is 0.00724. The first-order chi connectivity index (χ1) is 10.5. The molecule has 0 spiro atoms. The van der Waals surface area contributed by atoms with E-state index >= 15 is 0 Å². The largest absolute Gasteiger partial charge is 0.467 e. The Morgan fingerprint density at radius 1 is 1.14 bits per heavy atom. The van der Waals surface area contributed by atoms with Crippen molar-refractivity contribution in [3.05, 3.63) is 35.9 Å². The maximum absolute atomic E-state index is 11.7.